The first kappa shape index (κ1) is 23.2. The van der Waals surface area contributed by atoms with Crippen molar-refractivity contribution in [2.24, 2.45) is 0 Å². The fraction of sp³-hybridized carbons (Fsp3) is 0.947. The molecule has 0 aromatic rings. The molecular weight excluding hydrogens is 320 g/mol. The summed E-state index contributed by atoms with van der Waals surface area (Å²) in [7, 11) is -0.591. The molecule has 4 heteroatoms. The number of rotatable bonds is 16. The Labute approximate surface area is 151 Å². The molecule has 0 aromatic heterocycles. The SMILES string of the molecule is CCCCCCCC(=O)SCCCC(C)O[Si](CCC)CCC. The van der Waals surface area contributed by atoms with Crippen molar-refractivity contribution in [3.8, 4) is 0 Å². The van der Waals surface area contributed by atoms with E-state index in [1.165, 1.54) is 62.4 Å². The molecule has 1 atom stereocenters. The Bertz CT molecular complexity index is 268. The summed E-state index contributed by atoms with van der Waals surface area (Å²) in [5.41, 5.74) is 0. The van der Waals surface area contributed by atoms with E-state index in [9.17, 15) is 4.79 Å². The summed E-state index contributed by atoms with van der Waals surface area (Å²) < 4.78 is 6.25. The lowest BCUT2D eigenvalue weighted by atomic mass is 10.1. The van der Waals surface area contributed by atoms with E-state index in [4.69, 9.17) is 4.43 Å². The zero-order valence-electron chi connectivity index (χ0n) is 16.0. The van der Waals surface area contributed by atoms with Gasteiger partial charge in [0.2, 0.25) is 9.04 Å². The summed E-state index contributed by atoms with van der Waals surface area (Å²) in [5.74, 6) is 0.963. The van der Waals surface area contributed by atoms with Gasteiger partial charge in [-0.3, -0.25) is 4.79 Å². The van der Waals surface area contributed by atoms with Gasteiger partial charge in [0.1, 0.15) is 0 Å². The molecule has 0 aliphatic rings. The predicted octanol–water partition coefficient (Wildman–Crippen LogP) is 6.60. The first-order valence-electron chi connectivity index (χ1n) is 9.80. The Kier molecular flexibility index (Phi) is 17.2. The average Bonchev–Trinajstić information content (AvgIpc) is 2.52. The largest absolute Gasteiger partial charge is 0.414 e. The van der Waals surface area contributed by atoms with E-state index >= 15 is 0 Å². The number of hydrogen-bond donors (Lipinski definition) is 0. The van der Waals surface area contributed by atoms with E-state index in [2.05, 4.69) is 27.7 Å². The minimum Gasteiger partial charge on any atom is -0.414 e. The van der Waals surface area contributed by atoms with Crippen LogP contribution in [0.15, 0.2) is 0 Å². The third kappa shape index (κ3) is 15.5. The Balaban J connectivity index is 3.59. The molecule has 0 aromatic carbocycles. The van der Waals surface area contributed by atoms with Gasteiger partial charge < -0.3 is 4.43 Å². The zero-order chi connectivity index (χ0) is 17.3. The predicted molar refractivity (Wildman–Crippen MR) is 107 cm³/mol. The fourth-order valence-electron chi connectivity index (χ4n) is 2.65. The molecule has 0 saturated heterocycles. The van der Waals surface area contributed by atoms with Gasteiger partial charge in [-0.2, -0.15) is 0 Å². The molecule has 137 valence electrons. The molecule has 0 fully saturated rings. The quantitative estimate of drug-likeness (QED) is 0.229. The number of carbonyl (C=O) groups excluding carboxylic acids is 1. The van der Waals surface area contributed by atoms with E-state index in [1.807, 2.05) is 0 Å². The van der Waals surface area contributed by atoms with Crippen molar-refractivity contribution >= 4 is 25.9 Å². The molecule has 0 aliphatic carbocycles. The number of hydrogen-bond acceptors (Lipinski definition) is 3. The highest BCUT2D eigenvalue weighted by molar-refractivity contribution is 8.13. The highest BCUT2D eigenvalue weighted by atomic mass is 32.2. The second-order valence-corrected chi connectivity index (χ2v) is 9.96. The van der Waals surface area contributed by atoms with E-state index in [0.717, 1.165) is 31.4 Å². The van der Waals surface area contributed by atoms with Crippen molar-refractivity contribution in [2.75, 3.05) is 5.75 Å². The standard InChI is InChI=1S/C19H39O2SSi/c1-5-8-9-10-11-14-19(20)22-15-12-13-18(4)21-23(16-6-2)17-7-3/h18H,5-17H2,1-4H3. The van der Waals surface area contributed by atoms with Crippen LogP contribution in [0.25, 0.3) is 0 Å². The van der Waals surface area contributed by atoms with Crippen LogP contribution in [0, 0.1) is 0 Å². The van der Waals surface area contributed by atoms with Crippen molar-refractivity contribution < 1.29 is 9.22 Å². The molecule has 0 bridgehead atoms. The smallest absolute Gasteiger partial charge is 0.211 e. The van der Waals surface area contributed by atoms with Crippen LogP contribution in [0.3, 0.4) is 0 Å². The Morgan fingerprint density at radius 2 is 1.61 bits per heavy atom. The molecule has 0 amide bonds. The summed E-state index contributed by atoms with van der Waals surface area (Å²) >= 11 is 1.54. The molecule has 0 rings (SSSR count). The maximum absolute atomic E-state index is 11.8. The minimum absolute atomic E-state index is 0.367. The van der Waals surface area contributed by atoms with Gasteiger partial charge in [-0.25, -0.2) is 0 Å². The molecule has 23 heavy (non-hydrogen) atoms. The summed E-state index contributed by atoms with van der Waals surface area (Å²) in [6, 6.07) is 2.54. The third-order valence-electron chi connectivity index (χ3n) is 3.93. The van der Waals surface area contributed by atoms with Gasteiger partial charge in [-0.15, -0.1) is 0 Å². The van der Waals surface area contributed by atoms with E-state index in [1.54, 1.807) is 0 Å². The van der Waals surface area contributed by atoms with Gasteiger partial charge in [-0.05, 0) is 38.3 Å². The molecule has 2 nitrogen and oxygen atoms in total. The van der Waals surface area contributed by atoms with Crippen LogP contribution in [-0.2, 0) is 9.22 Å². The molecule has 1 radical (unpaired) electrons. The molecule has 0 saturated carbocycles. The molecule has 0 spiro atoms. The second-order valence-electron chi connectivity index (χ2n) is 6.49. The summed E-state index contributed by atoms with van der Waals surface area (Å²) in [6.45, 7) is 8.92. The highest BCUT2D eigenvalue weighted by Gasteiger charge is 2.14. The van der Waals surface area contributed by atoms with Gasteiger partial charge in [0.15, 0.2) is 5.12 Å². The fourth-order valence-corrected chi connectivity index (χ4v) is 5.76. The zero-order valence-corrected chi connectivity index (χ0v) is 17.8. The molecule has 0 aliphatic heterocycles. The second kappa shape index (κ2) is 17.0. The van der Waals surface area contributed by atoms with Crippen molar-refractivity contribution in [2.45, 2.75) is 110 Å². The normalized spacial score (nSPS) is 12.7. The van der Waals surface area contributed by atoms with Crippen LogP contribution in [0.1, 0.15) is 91.9 Å². The van der Waals surface area contributed by atoms with Crippen LogP contribution >= 0.6 is 11.8 Å². The van der Waals surface area contributed by atoms with E-state index in [-0.39, 0.29) is 0 Å². The van der Waals surface area contributed by atoms with E-state index in [0.29, 0.717) is 11.2 Å². The van der Waals surface area contributed by atoms with Crippen molar-refractivity contribution in [3.05, 3.63) is 0 Å². The Hall–Kier alpha value is 0.197. The lowest BCUT2D eigenvalue weighted by molar-refractivity contribution is -0.111. The number of carbonyl (C=O) groups is 1. The first-order chi connectivity index (χ1) is 11.1. The van der Waals surface area contributed by atoms with Crippen LogP contribution in [-0.4, -0.2) is 26.0 Å². The highest BCUT2D eigenvalue weighted by Crippen LogP contribution is 2.16. The van der Waals surface area contributed by atoms with Gasteiger partial charge in [0.05, 0.1) is 0 Å². The Morgan fingerprint density at radius 3 is 2.22 bits per heavy atom. The number of thioether (sulfide) groups is 1. The summed E-state index contributed by atoms with van der Waals surface area (Å²) in [5, 5.41) is 0.386. The maximum Gasteiger partial charge on any atom is 0.211 e. The van der Waals surface area contributed by atoms with Crippen molar-refractivity contribution in [1.82, 2.24) is 0 Å². The van der Waals surface area contributed by atoms with Crippen LogP contribution in [0.2, 0.25) is 12.1 Å². The lowest BCUT2D eigenvalue weighted by Crippen LogP contribution is -2.23. The van der Waals surface area contributed by atoms with E-state index < -0.39 is 9.04 Å². The summed E-state index contributed by atoms with van der Waals surface area (Å²) in [6.07, 6.45) is 11.9. The van der Waals surface area contributed by atoms with Crippen molar-refractivity contribution in [3.63, 3.8) is 0 Å². The van der Waals surface area contributed by atoms with Gasteiger partial charge in [-0.1, -0.05) is 71.1 Å². The molecule has 0 N–H and O–H groups in total. The van der Waals surface area contributed by atoms with Crippen molar-refractivity contribution in [1.29, 1.82) is 0 Å². The first-order valence-corrected chi connectivity index (χ1v) is 12.6. The van der Waals surface area contributed by atoms with Crippen LogP contribution < -0.4 is 0 Å². The Morgan fingerprint density at radius 1 is 0.957 bits per heavy atom. The van der Waals surface area contributed by atoms with Gasteiger partial charge in [0, 0.05) is 18.3 Å². The average molecular weight is 360 g/mol. The maximum atomic E-state index is 11.8. The third-order valence-corrected chi connectivity index (χ3v) is 7.80. The van der Waals surface area contributed by atoms with Crippen LogP contribution in [0.4, 0.5) is 0 Å². The monoisotopic (exact) mass is 359 g/mol. The topological polar surface area (TPSA) is 26.3 Å². The summed E-state index contributed by atoms with van der Waals surface area (Å²) in [4.78, 5) is 11.8. The molecule has 1 unspecified atom stereocenters. The lowest BCUT2D eigenvalue weighted by Gasteiger charge is -2.20. The van der Waals surface area contributed by atoms with Gasteiger partial charge in [0.25, 0.3) is 0 Å². The van der Waals surface area contributed by atoms with Gasteiger partial charge >= 0.3 is 0 Å². The molecule has 0 heterocycles. The van der Waals surface area contributed by atoms with Crippen LogP contribution in [0.5, 0.6) is 0 Å². The molecular formula is C19H39O2SSi. The minimum atomic E-state index is -0.591. The number of unbranched alkanes of at least 4 members (excludes halogenated alkanes) is 4.